The molecule has 194 valence electrons. The fraction of sp³-hybridized carbons (Fsp3) is 0. The molecule has 0 saturated carbocycles. The minimum atomic E-state index is -0.332. The number of hydrogen-bond acceptors (Lipinski definition) is 6. The van der Waals surface area contributed by atoms with Crippen molar-refractivity contribution in [1.29, 1.82) is 0 Å². The molecule has 0 saturated heterocycles. The molecule has 0 bridgehead atoms. The smallest absolute Gasteiger partial charge is 0.255 e. The van der Waals surface area contributed by atoms with Gasteiger partial charge >= 0.3 is 0 Å². The van der Waals surface area contributed by atoms with E-state index in [1.54, 1.807) is 72.8 Å². The van der Waals surface area contributed by atoms with Crippen molar-refractivity contribution in [3.05, 3.63) is 145 Å². The van der Waals surface area contributed by atoms with Crippen molar-refractivity contribution in [3.8, 4) is 0 Å². The van der Waals surface area contributed by atoms with E-state index in [1.807, 2.05) is 60.7 Å². The lowest BCUT2D eigenvalue weighted by Crippen LogP contribution is -2.15. The summed E-state index contributed by atoms with van der Waals surface area (Å²) in [6.07, 6.45) is 0. The van der Waals surface area contributed by atoms with Gasteiger partial charge in [0.05, 0.1) is 22.7 Å². The highest BCUT2D eigenvalue weighted by atomic mass is 16.2. The number of benzene rings is 5. The van der Waals surface area contributed by atoms with E-state index in [0.717, 1.165) is 11.4 Å². The summed E-state index contributed by atoms with van der Waals surface area (Å²) in [4.78, 5) is 25.7. The molecule has 0 heterocycles. The van der Waals surface area contributed by atoms with Crippen LogP contribution in [0.15, 0.2) is 154 Å². The van der Waals surface area contributed by atoms with Gasteiger partial charge in [0.15, 0.2) is 0 Å². The SMILES string of the molecule is O=C(Nc1ccc(N=Nc2ccccc2)cc1)c1cccc(C(=O)Nc2ccc(N=Nc3ccccc3)cc2)c1. The maximum absolute atomic E-state index is 12.8. The second kappa shape index (κ2) is 12.7. The van der Waals surface area contributed by atoms with Crippen molar-refractivity contribution in [2.45, 2.75) is 0 Å². The number of anilines is 2. The van der Waals surface area contributed by atoms with Gasteiger partial charge in [0.2, 0.25) is 0 Å². The molecule has 40 heavy (non-hydrogen) atoms. The van der Waals surface area contributed by atoms with Gasteiger partial charge in [-0.1, -0.05) is 42.5 Å². The first kappa shape index (κ1) is 25.9. The third-order valence-electron chi connectivity index (χ3n) is 5.71. The number of hydrogen-bond donors (Lipinski definition) is 2. The molecular formula is C32H24N6O2. The fourth-order valence-corrected chi connectivity index (χ4v) is 3.65. The van der Waals surface area contributed by atoms with Gasteiger partial charge in [-0.3, -0.25) is 9.59 Å². The quantitative estimate of drug-likeness (QED) is 0.198. The normalized spacial score (nSPS) is 11.0. The fourth-order valence-electron chi connectivity index (χ4n) is 3.65. The summed E-state index contributed by atoms with van der Waals surface area (Å²) in [5.41, 5.74) is 4.75. The predicted molar refractivity (Wildman–Crippen MR) is 156 cm³/mol. The van der Waals surface area contributed by atoms with Crippen LogP contribution in [0.2, 0.25) is 0 Å². The Bertz CT molecular complexity index is 1530. The Balaban J connectivity index is 1.18. The van der Waals surface area contributed by atoms with Crippen LogP contribution in [0.5, 0.6) is 0 Å². The molecule has 0 aliphatic rings. The molecule has 0 aliphatic heterocycles. The molecule has 2 N–H and O–H groups in total. The molecule has 2 amide bonds. The summed E-state index contributed by atoms with van der Waals surface area (Å²) < 4.78 is 0. The standard InChI is InChI=1S/C32H24N6O2/c39-31(33-25-14-18-29(19-15-25)37-35-27-10-3-1-4-11-27)23-8-7-9-24(22-23)32(40)34-26-16-20-30(21-17-26)38-36-28-12-5-2-6-13-28/h1-22H,(H,33,39)(H,34,40). The van der Waals surface area contributed by atoms with Crippen molar-refractivity contribution in [1.82, 2.24) is 0 Å². The first-order valence-corrected chi connectivity index (χ1v) is 12.5. The molecule has 0 aromatic heterocycles. The van der Waals surface area contributed by atoms with Gasteiger partial charge in [0, 0.05) is 22.5 Å². The van der Waals surface area contributed by atoms with Crippen LogP contribution in [0.25, 0.3) is 0 Å². The van der Waals surface area contributed by atoms with Gasteiger partial charge in [0.1, 0.15) is 0 Å². The van der Waals surface area contributed by atoms with Gasteiger partial charge in [0.25, 0.3) is 11.8 Å². The highest BCUT2D eigenvalue weighted by Crippen LogP contribution is 2.22. The van der Waals surface area contributed by atoms with Crippen LogP contribution in [-0.4, -0.2) is 11.8 Å². The van der Waals surface area contributed by atoms with E-state index in [4.69, 9.17) is 0 Å². The summed E-state index contributed by atoms with van der Waals surface area (Å²) in [7, 11) is 0. The highest BCUT2D eigenvalue weighted by Gasteiger charge is 2.11. The van der Waals surface area contributed by atoms with E-state index < -0.39 is 0 Å². The Morgan fingerprint density at radius 1 is 0.400 bits per heavy atom. The molecule has 5 aromatic rings. The number of rotatable bonds is 8. The van der Waals surface area contributed by atoms with Gasteiger partial charge in [-0.25, -0.2) is 0 Å². The molecule has 5 rings (SSSR count). The second-order valence-corrected chi connectivity index (χ2v) is 8.65. The van der Waals surface area contributed by atoms with Crippen LogP contribution in [0, 0.1) is 0 Å². The van der Waals surface area contributed by atoms with E-state index in [0.29, 0.717) is 33.9 Å². The van der Waals surface area contributed by atoms with E-state index in [9.17, 15) is 9.59 Å². The average Bonchev–Trinajstić information content (AvgIpc) is 3.01. The Kier molecular flexibility index (Phi) is 8.19. The zero-order valence-electron chi connectivity index (χ0n) is 21.3. The predicted octanol–water partition coefficient (Wildman–Crippen LogP) is 9.02. The third kappa shape index (κ3) is 7.17. The highest BCUT2D eigenvalue weighted by molar-refractivity contribution is 6.08. The van der Waals surface area contributed by atoms with E-state index in [1.165, 1.54) is 0 Å². The van der Waals surface area contributed by atoms with Gasteiger partial charge in [-0.05, 0) is 91.0 Å². The van der Waals surface area contributed by atoms with Crippen molar-refractivity contribution >= 4 is 45.9 Å². The zero-order chi connectivity index (χ0) is 27.6. The molecular weight excluding hydrogens is 500 g/mol. The summed E-state index contributed by atoms with van der Waals surface area (Å²) in [5.74, 6) is -0.664. The van der Waals surface area contributed by atoms with E-state index >= 15 is 0 Å². The van der Waals surface area contributed by atoms with Crippen molar-refractivity contribution < 1.29 is 9.59 Å². The molecule has 0 aliphatic carbocycles. The minimum absolute atomic E-state index is 0.332. The van der Waals surface area contributed by atoms with Gasteiger partial charge < -0.3 is 10.6 Å². The number of amides is 2. The second-order valence-electron chi connectivity index (χ2n) is 8.65. The Morgan fingerprint density at radius 2 is 0.750 bits per heavy atom. The topological polar surface area (TPSA) is 108 Å². The largest absolute Gasteiger partial charge is 0.322 e. The van der Waals surface area contributed by atoms with Crippen LogP contribution in [-0.2, 0) is 0 Å². The number of carbonyl (C=O) groups is 2. The Morgan fingerprint density at radius 3 is 1.12 bits per heavy atom. The maximum Gasteiger partial charge on any atom is 0.255 e. The third-order valence-corrected chi connectivity index (χ3v) is 5.71. The van der Waals surface area contributed by atoms with Crippen molar-refractivity contribution in [3.63, 3.8) is 0 Å². The first-order valence-electron chi connectivity index (χ1n) is 12.5. The number of nitrogens with zero attached hydrogens (tertiary/aromatic N) is 4. The summed E-state index contributed by atoms with van der Waals surface area (Å²) >= 11 is 0. The molecule has 8 nitrogen and oxygen atoms in total. The van der Waals surface area contributed by atoms with E-state index in [-0.39, 0.29) is 11.8 Å². The molecule has 8 heteroatoms. The minimum Gasteiger partial charge on any atom is -0.322 e. The summed E-state index contributed by atoms with van der Waals surface area (Å²) in [6.45, 7) is 0. The number of nitrogens with one attached hydrogen (secondary N) is 2. The Hall–Kier alpha value is -5.76. The first-order chi connectivity index (χ1) is 19.6. The summed E-state index contributed by atoms with van der Waals surface area (Å²) in [5, 5.41) is 22.5. The molecule has 0 spiro atoms. The van der Waals surface area contributed by atoms with E-state index in [2.05, 4.69) is 31.1 Å². The lowest BCUT2D eigenvalue weighted by atomic mass is 10.1. The molecule has 5 aromatic carbocycles. The van der Waals surface area contributed by atoms with Gasteiger partial charge in [-0.2, -0.15) is 20.5 Å². The monoisotopic (exact) mass is 524 g/mol. The maximum atomic E-state index is 12.8. The Labute approximate surface area is 231 Å². The molecule has 0 unspecified atom stereocenters. The molecule has 0 fully saturated rings. The van der Waals surface area contributed by atoms with Crippen molar-refractivity contribution in [2.24, 2.45) is 20.5 Å². The van der Waals surface area contributed by atoms with Crippen molar-refractivity contribution in [2.75, 3.05) is 10.6 Å². The lowest BCUT2D eigenvalue weighted by molar-refractivity contribution is 0.102. The van der Waals surface area contributed by atoms with Gasteiger partial charge in [-0.15, -0.1) is 0 Å². The van der Waals surface area contributed by atoms with Crippen LogP contribution < -0.4 is 10.6 Å². The number of azo groups is 2. The van der Waals surface area contributed by atoms with Crippen LogP contribution in [0.1, 0.15) is 20.7 Å². The van der Waals surface area contributed by atoms with Crippen LogP contribution in [0.4, 0.5) is 34.1 Å². The molecule has 0 radical (unpaired) electrons. The lowest BCUT2D eigenvalue weighted by Gasteiger charge is -2.08. The summed E-state index contributed by atoms with van der Waals surface area (Å²) in [6, 6.07) is 39.4. The average molecular weight is 525 g/mol. The van der Waals surface area contributed by atoms with Crippen LogP contribution >= 0.6 is 0 Å². The van der Waals surface area contributed by atoms with Crippen LogP contribution in [0.3, 0.4) is 0 Å². The zero-order valence-corrected chi connectivity index (χ0v) is 21.3. The number of carbonyl (C=O) groups excluding carboxylic acids is 2. The molecule has 0 atom stereocenters.